The highest BCUT2D eigenvalue weighted by Crippen LogP contribution is 2.69. The normalized spacial score (nSPS) is 36.2. The molecule has 1 aromatic rings. The van der Waals surface area contributed by atoms with Gasteiger partial charge in [-0.15, -0.1) is 0 Å². The molecule has 0 amide bonds. The number of aliphatic hydroxyl groups is 1. The zero-order valence-electron chi connectivity index (χ0n) is 23.8. The highest BCUT2D eigenvalue weighted by atomic mass is 19.1. The summed E-state index contributed by atoms with van der Waals surface area (Å²) in [6.07, 6.45) is 8.27. The lowest BCUT2D eigenvalue weighted by atomic mass is 9.48. The summed E-state index contributed by atoms with van der Waals surface area (Å²) in [5, 5.41) is 22.4. The number of ketones is 1. The molecule has 0 aromatic heterocycles. The number of nitrogens with zero attached hydrogens (tertiary/aromatic N) is 2. The van der Waals surface area contributed by atoms with Crippen molar-refractivity contribution in [3.63, 3.8) is 0 Å². The number of carbonyl (C=O) groups excluding carboxylic acids is 1. The number of allylic oxidation sites excluding steroid dienone is 4. The minimum absolute atomic E-state index is 0.0254. The predicted molar refractivity (Wildman–Crippen MR) is 155 cm³/mol. The molecule has 4 aliphatic carbocycles. The van der Waals surface area contributed by atoms with E-state index in [-0.39, 0.29) is 30.1 Å². The number of aliphatic hydroxyl groups excluding tert-OH is 1. The molecule has 6 heteroatoms. The van der Waals surface area contributed by atoms with E-state index in [1.54, 1.807) is 13.0 Å². The Morgan fingerprint density at radius 1 is 1.18 bits per heavy atom. The van der Waals surface area contributed by atoms with Crippen molar-refractivity contribution >= 4 is 17.2 Å². The molecule has 2 saturated carbocycles. The molecule has 3 fully saturated rings. The molecule has 2 N–H and O–H groups in total. The summed E-state index contributed by atoms with van der Waals surface area (Å²) in [7, 11) is 0. The maximum absolute atomic E-state index is 16.0. The Balaban J connectivity index is 1.49. The van der Waals surface area contributed by atoms with E-state index in [4.69, 9.17) is 0 Å². The number of Topliss-reactive ketones (excluding diaryl/α,β-unsaturated/α-hetero) is 1. The van der Waals surface area contributed by atoms with Gasteiger partial charge < -0.3 is 15.2 Å². The van der Waals surface area contributed by atoms with Crippen LogP contribution in [-0.4, -0.2) is 47.7 Å². The van der Waals surface area contributed by atoms with Crippen molar-refractivity contribution in [2.24, 2.45) is 27.8 Å². The molecule has 6 atom stereocenters. The SMILES string of the molecule is CC(=O)[C@@]1(C#CCO)CC[C@H]2[C@@H]3CC(F)C4=CC(=NO)CCC4=C3[C@@H](c3ccc(N4CCCCC4)cc3)C[C@@]21C. The van der Waals surface area contributed by atoms with Gasteiger partial charge in [0.1, 0.15) is 18.6 Å². The number of piperidine rings is 1. The van der Waals surface area contributed by atoms with Crippen LogP contribution in [0, 0.1) is 34.5 Å². The van der Waals surface area contributed by atoms with Crippen molar-refractivity contribution in [1.29, 1.82) is 0 Å². The van der Waals surface area contributed by atoms with Crippen molar-refractivity contribution in [1.82, 2.24) is 0 Å². The van der Waals surface area contributed by atoms with Gasteiger partial charge >= 0.3 is 0 Å². The van der Waals surface area contributed by atoms with E-state index >= 15 is 4.39 Å². The summed E-state index contributed by atoms with van der Waals surface area (Å²) < 4.78 is 16.0. The molecule has 5 aliphatic rings. The first-order valence-corrected chi connectivity index (χ1v) is 15.1. The number of anilines is 1. The Kier molecular flexibility index (Phi) is 7.15. The second-order valence-electron chi connectivity index (χ2n) is 12.8. The van der Waals surface area contributed by atoms with E-state index in [0.29, 0.717) is 37.0 Å². The topological polar surface area (TPSA) is 73.1 Å². The van der Waals surface area contributed by atoms with E-state index in [1.807, 2.05) is 0 Å². The van der Waals surface area contributed by atoms with E-state index < -0.39 is 17.0 Å². The molecular formula is C34H41FN2O3. The first kappa shape index (κ1) is 27.3. The number of benzene rings is 1. The third-order valence-corrected chi connectivity index (χ3v) is 11.1. The first-order valence-electron chi connectivity index (χ1n) is 15.1. The predicted octanol–water partition coefficient (Wildman–Crippen LogP) is 6.36. The van der Waals surface area contributed by atoms with E-state index in [9.17, 15) is 15.1 Å². The molecule has 6 rings (SSSR count). The summed E-state index contributed by atoms with van der Waals surface area (Å²) in [5.41, 5.74) is 4.85. The van der Waals surface area contributed by atoms with Crippen LogP contribution in [0.15, 0.2) is 52.2 Å². The molecule has 0 radical (unpaired) electrons. The molecule has 1 unspecified atom stereocenters. The lowest BCUT2D eigenvalue weighted by Crippen LogP contribution is -2.51. The van der Waals surface area contributed by atoms with Gasteiger partial charge in [0.2, 0.25) is 0 Å². The second kappa shape index (κ2) is 10.5. The standard InChI is InChI=1S/C34H41FN2O3/c1-22(39)34(14-6-18-38)15-13-30-28-20-31(35)27-19-24(36-40)9-12-26(27)32(28)29(21-33(30,34)2)23-7-10-25(11-8-23)37-16-4-3-5-17-37/h7-8,10-11,19,28-31,38,40H,3-5,9,12-13,15-18,20-21H2,1-2H3/t28-,29+,30-,31?,33-,34+/m0/s1. The number of hydrogen-bond acceptors (Lipinski definition) is 5. The zero-order chi connectivity index (χ0) is 28.1. The molecule has 40 heavy (non-hydrogen) atoms. The molecule has 1 saturated heterocycles. The molecule has 5 nitrogen and oxygen atoms in total. The minimum atomic E-state index is -1.12. The number of rotatable bonds is 3. The molecule has 1 heterocycles. The fourth-order valence-electron chi connectivity index (χ4n) is 9.18. The van der Waals surface area contributed by atoms with Crippen LogP contribution in [0.3, 0.4) is 0 Å². The Bertz CT molecular complexity index is 1330. The van der Waals surface area contributed by atoms with Crippen molar-refractivity contribution in [3.05, 3.63) is 52.6 Å². The maximum Gasteiger partial charge on any atom is 0.148 e. The highest BCUT2D eigenvalue weighted by molar-refractivity contribution is 5.97. The Labute approximate surface area is 237 Å². The van der Waals surface area contributed by atoms with Crippen molar-refractivity contribution < 1.29 is 19.5 Å². The van der Waals surface area contributed by atoms with Gasteiger partial charge in [0, 0.05) is 24.7 Å². The molecule has 1 aliphatic heterocycles. The summed E-state index contributed by atoms with van der Waals surface area (Å²) in [6.45, 7) is 5.76. The first-order chi connectivity index (χ1) is 19.3. The summed E-state index contributed by atoms with van der Waals surface area (Å²) >= 11 is 0. The molecule has 0 bridgehead atoms. The maximum atomic E-state index is 16.0. The second-order valence-corrected chi connectivity index (χ2v) is 12.8. The van der Waals surface area contributed by atoms with Crippen LogP contribution in [-0.2, 0) is 4.79 Å². The van der Waals surface area contributed by atoms with Gasteiger partial charge in [-0.05, 0) is 117 Å². The van der Waals surface area contributed by atoms with E-state index in [0.717, 1.165) is 31.5 Å². The van der Waals surface area contributed by atoms with Crippen LogP contribution in [0.5, 0.6) is 0 Å². The lowest BCUT2D eigenvalue weighted by Gasteiger charge is -2.55. The Morgan fingerprint density at radius 3 is 2.60 bits per heavy atom. The minimum Gasteiger partial charge on any atom is -0.411 e. The number of alkyl halides is 1. The average Bonchev–Trinajstić information content (AvgIpc) is 3.29. The number of carbonyl (C=O) groups is 1. The smallest absolute Gasteiger partial charge is 0.148 e. The van der Waals surface area contributed by atoms with Crippen molar-refractivity contribution in [2.75, 3.05) is 24.6 Å². The number of halogens is 1. The Hall–Kier alpha value is -2.91. The van der Waals surface area contributed by atoms with Crippen LogP contribution in [0.1, 0.15) is 83.1 Å². The van der Waals surface area contributed by atoms with Crippen LogP contribution in [0.2, 0.25) is 0 Å². The number of hydrogen-bond donors (Lipinski definition) is 2. The largest absolute Gasteiger partial charge is 0.411 e. The van der Waals surface area contributed by atoms with Gasteiger partial charge in [0.25, 0.3) is 0 Å². The highest BCUT2D eigenvalue weighted by Gasteiger charge is 2.65. The monoisotopic (exact) mass is 544 g/mol. The van der Waals surface area contributed by atoms with Crippen LogP contribution < -0.4 is 4.90 Å². The summed E-state index contributed by atoms with van der Waals surface area (Å²) in [4.78, 5) is 15.9. The third-order valence-electron chi connectivity index (χ3n) is 11.1. The number of oxime groups is 1. The van der Waals surface area contributed by atoms with E-state index in [1.165, 1.54) is 36.1 Å². The third kappa shape index (κ3) is 4.15. The molecule has 0 spiro atoms. The molecule has 1 aromatic carbocycles. The average molecular weight is 545 g/mol. The Morgan fingerprint density at radius 2 is 1.93 bits per heavy atom. The van der Waals surface area contributed by atoms with Gasteiger partial charge in [-0.2, -0.15) is 0 Å². The van der Waals surface area contributed by atoms with Crippen LogP contribution in [0.4, 0.5) is 10.1 Å². The van der Waals surface area contributed by atoms with Crippen molar-refractivity contribution in [3.8, 4) is 11.8 Å². The van der Waals surface area contributed by atoms with Crippen LogP contribution >= 0.6 is 0 Å². The van der Waals surface area contributed by atoms with E-state index in [2.05, 4.69) is 53.1 Å². The van der Waals surface area contributed by atoms with Gasteiger partial charge in [0.15, 0.2) is 0 Å². The van der Waals surface area contributed by atoms with Gasteiger partial charge in [-0.1, -0.05) is 41.6 Å². The quantitative estimate of drug-likeness (QED) is 0.264. The molecular weight excluding hydrogens is 503 g/mol. The fraction of sp³-hybridized carbons (Fsp3) is 0.588. The molecule has 212 valence electrons. The lowest BCUT2D eigenvalue weighted by molar-refractivity contribution is -0.130. The summed E-state index contributed by atoms with van der Waals surface area (Å²) in [6, 6.07) is 8.98. The van der Waals surface area contributed by atoms with Crippen LogP contribution in [0.25, 0.3) is 0 Å². The number of fused-ring (bicyclic) bond motifs is 4. The van der Waals surface area contributed by atoms with Gasteiger partial charge in [0.05, 0.1) is 11.1 Å². The summed E-state index contributed by atoms with van der Waals surface area (Å²) in [5.74, 6) is 6.39. The zero-order valence-corrected chi connectivity index (χ0v) is 23.8. The van der Waals surface area contributed by atoms with Gasteiger partial charge in [-0.3, -0.25) is 4.79 Å². The fourth-order valence-corrected chi connectivity index (χ4v) is 9.18. The van der Waals surface area contributed by atoms with Gasteiger partial charge in [-0.25, -0.2) is 4.39 Å². The van der Waals surface area contributed by atoms with Crippen molar-refractivity contribution in [2.45, 2.75) is 83.7 Å².